The number of hydrogen-bond acceptors (Lipinski definition) is 2. The summed E-state index contributed by atoms with van der Waals surface area (Å²) < 4.78 is 1.19. The molecule has 2 aromatic rings. The van der Waals surface area contributed by atoms with Gasteiger partial charge in [-0.15, -0.1) is 0 Å². The molecule has 17 heavy (non-hydrogen) atoms. The Kier molecular flexibility index (Phi) is 3.43. The van der Waals surface area contributed by atoms with Crippen LogP contribution in [0.3, 0.4) is 0 Å². The van der Waals surface area contributed by atoms with Gasteiger partial charge in [-0.3, -0.25) is 4.79 Å². The van der Waals surface area contributed by atoms with Gasteiger partial charge in [0.05, 0.1) is 16.9 Å². The van der Waals surface area contributed by atoms with Gasteiger partial charge in [-0.25, -0.2) is 0 Å². The maximum atomic E-state index is 11.9. The molecule has 0 amide bonds. The minimum Gasteiger partial charge on any atom is -0.266 e. The van der Waals surface area contributed by atoms with Crippen LogP contribution < -0.4 is 5.56 Å². The molecule has 0 saturated carbocycles. The zero-order valence-electron chi connectivity index (χ0n) is 8.75. The highest BCUT2D eigenvalue weighted by molar-refractivity contribution is 6.41. The zero-order chi connectivity index (χ0) is 12.6. The predicted molar refractivity (Wildman–Crippen MR) is 69.6 cm³/mol. The third-order valence-electron chi connectivity index (χ3n) is 2.26. The molecule has 0 N–H and O–H groups in total. The van der Waals surface area contributed by atoms with Gasteiger partial charge in [0.2, 0.25) is 0 Å². The van der Waals surface area contributed by atoms with Gasteiger partial charge in [0.1, 0.15) is 5.02 Å². The SMILES string of the molecule is Cc1cc(Cl)ccc1-n1ncc(Cl)c(Cl)c1=O. The van der Waals surface area contributed by atoms with E-state index in [2.05, 4.69) is 5.10 Å². The van der Waals surface area contributed by atoms with Crippen LogP contribution in [0.2, 0.25) is 15.1 Å². The molecule has 3 nitrogen and oxygen atoms in total. The van der Waals surface area contributed by atoms with Gasteiger partial charge in [0.25, 0.3) is 5.56 Å². The monoisotopic (exact) mass is 288 g/mol. The Morgan fingerprint density at radius 2 is 1.94 bits per heavy atom. The van der Waals surface area contributed by atoms with Crippen LogP contribution in [0.4, 0.5) is 0 Å². The maximum Gasteiger partial charge on any atom is 0.291 e. The van der Waals surface area contributed by atoms with Gasteiger partial charge in [-0.2, -0.15) is 9.78 Å². The Morgan fingerprint density at radius 3 is 2.59 bits per heavy atom. The van der Waals surface area contributed by atoms with Crippen LogP contribution in [0.15, 0.2) is 29.2 Å². The second-order valence-corrected chi connectivity index (χ2v) is 4.68. The Hall–Kier alpha value is -1.03. The molecule has 1 aromatic heterocycles. The van der Waals surface area contributed by atoms with Gasteiger partial charge >= 0.3 is 0 Å². The van der Waals surface area contributed by atoms with E-state index in [-0.39, 0.29) is 10.0 Å². The second-order valence-electron chi connectivity index (χ2n) is 3.45. The number of benzene rings is 1. The van der Waals surface area contributed by atoms with Crippen LogP contribution in [-0.2, 0) is 0 Å². The standard InChI is InChI=1S/C11H7Cl3N2O/c1-6-4-7(12)2-3-9(6)16-11(17)10(14)8(13)5-15-16/h2-5H,1H3. The summed E-state index contributed by atoms with van der Waals surface area (Å²) >= 11 is 17.3. The minimum absolute atomic E-state index is 0.0454. The Bertz CT molecular complexity index is 637. The van der Waals surface area contributed by atoms with Crippen molar-refractivity contribution in [2.75, 3.05) is 0 Å². The molecule has 0 radical (unpaired) electrons. The van der Waals surface area contributed by atoms with Crippen LogP contribution in [0, 0.1) is 6.92 Å². The summed E-state index contributed by atoms with van der Waals surface area (Å²) in [5, 5.41) is 4.63. The minimum atomic E-state index is -0.454. The van der Waals surface area contributed by atoms with Crippen LogP contribution in [0.25, 0.3) is 5.69 Å². The topological polar surface area (TPSA) is 34.9 Å². The Balaban J connectivity index is 2.70. The van der Waals surface area contributed by atoms with Gasteiger partial charge in [-0.05, 0) is 30.7 Å². The van der Waals surface area contributed by atoms with E-state index in [9.17, 15) is 4.79 Å². The van der Waals surface area contributed by atoms with E-state index in [1.807, 2.05) is 6.92 Å². The number of nitrogens with zero attached hydrogens (tertiary/aromatic N) is 2. The fourth-order valence-corrected chi connectivity index (χ4v) is 1.92. The van der Waals surface area contributed by atoms with E-state index in [1.54, 1.807) is 18.2 Å². The molecule has 2 rings (SSSR count). The second kappa shape index (κ2) is 4.69. The summed E-state index contributed by atoms with van der Waals surface area (Å²) in [5.41, 5.74) is 0.994. The molecule has 88 valence electrons. The zero-order valence-corrected chi connectivity index (χ0v) is 11.0. The molecule has 0 atom stereocenters. The lowest BCUT2D eigenvalue weighted by Gasteiger charge is -2.08. The lowest BCUT2D eigenvalue weighted by atomic mass is 10.2. The largest absolute Gasteiger partial charge is 0.291 e. The normalized spacial score (nSPS) is 10.6. The van der Waals surface area contributed by atoms with E-state index in [0.29, 0.717) is 10.7 Å². The van der Waals surface area contributed by atoms with Gasteiger partial charge in [0, 0.05) is 5.02 Å². The van der Waals surface area contributed by atoms with Gasteiger partial charge in [0.15, 0.2) is 0 Å². The summed E-state index contributed by atoms with van der Waals surface area (Å²) in [4.78, 5) is 11.9. The molecule has 0 aliphatic rings. The molecule has 6 heteroatoms. The van der Waals surface area contributed by atoms with Crippen LogP contribution >= 0.6 is 34.8 Å². The number of halogens is 3. The first-order valence-corrected chi connectivity index (χ1v) is 5.84. The van der Waals surface area contributed by atoms with E-state index >= 15 is 0 Å². The molecule has 0 aliphatic heterocycles. The molecule has 0 fully saturated rings. The number of aromatic nitrogens is 2. The van der Waals surface area contributed by atoms with E-state index in [1.165, 1.54) is 10.9 Å². The summed E-state index contributed by atoms with van der Waals surface area (Å²) in [6.07, 6.45) is 1.33. The highest BCUT2D eigenvalue weighted by Gasteiger charge is 2.10. The summed E-state index contributed by atoms with van der Waals surface area (Å²) in [6, 6.07) is 5.13. The van der Waals surface area contributed by atoms with Crippen molar-refractivity contribution in [1.82, 2.24) is 9.78 Å². The Labute approximate surface area is 113 Å². The molecule has 0 bridgehead atoms. The first-order chi connectivity index (χ1) is 8.00. The molecular formula is C11H7Cl3N2O. The third-order valence-corrected chi connectivity index (χ3v) is 3.25. The highest BCUT2D eigenvalue weighted by Crippen LogP contribution is 2.19. The predicted octanol–water partition coefficient (Wildman–Crippen LogP) is 3.50. The van der Waals surface area contributed by atoms with Crippen molar-refractivity contribution in [3.05, 3.63) is 55.4 Å². The number of hydrogen-bond donors (Lipinski definition) is 0. The van der Waals surface area contributed by atoms with Crippen molar-refractivity contribution >= 4 is 34.8 Å². The van der Waals surface area contributed by atoms with E-state index < -0.39 is 5.56 Å². The first kappa shape index (κ1) is 12.4. The third kappa shape index (κ3) is 2.32. The quantitative estimate of drug-likeness (QED) is 0.805. The van der Waals surface area contributed by atoms with Crippen molar-refractivity contribution < 1.29 is 0 Å². The molecule has 0 spiro atoms. The fourth-order valence-electron chi connectivity index (χ4n) is 1.44. The lowest BCUT2D eigenvalue weighted by molar-refractivity contribution is 0.802. The lowest BCUT2D eigenvalue weighted by Crippen LogP contribution is -2.22. The molecular weight excluding hydrogens is 282 g/mol. The van der Waals surface area contributed by atoms with Crippen molar-refractivity contribution in [1.29, 1.82) is 0 Å². The van der Waals surface area contributed by atoms with Crippen molar-refractivity contribution in [2.45, 2.75) is 6.92 Å². The number of rotatable bonds is 1. The summed E-state index contributed by atoms with van der Waals surface area (Å²) in [6.45, 7) is 1.83. The van der Waals surface area contributed by atoms with Crippen LogP contribution in [0.1, 0.15) is 5.56 Å². The van der Waals surface area contributed by atoms with Crippen molar-refractivity contribution in [2.24, 2.45) is 0 Å². The van der Waals surface area contributed by atoms with Gasteiger partial charge < -0.3 is 0 Å². The highest BCUT2D eigenvalue weighted by atomic mass is 35.5. The molecule has 0 aliphatic carbocycles. The first-order valence-electron chi connectivity index (χ1n) is 4.70. The van der Waals surface area contributed by atoms with Crippen molar-refractivity contribution in [3.63, 3.8) is 0 Å². The van der Waals surface area contributed by atoms with E-state index in [0.717, 1.165) is 5.56 Å². The van der Waals surface area contributed by atoms with Gasteiger partial charge in [-0.1, -0.05) is 34.8 Å². The maximum absolute atomic E-state index is 11.9. The van der Waals surface area contributed by atoms with Crippen molar-refractivity contribution in [3.8, 4) is 5.69 Å². The summed E-state index contributed by atoms with van der Waals surface area (Å²) in [5.74, 6) is 0. The smallest absolute Gasteiger partial charge is 0.266 e. The molecule has 1 aromatic carbocycles. The van der Waals surface area contributed by atoms with Crippen LogP contribution in [-0.4, -0.2) is 9.78 Å². The summed E-state index contributed by atoms with van der Waals surface area (Å²) in [7, 11) is 0. The molecule has 1 heterocycles. The fraction of sp³-hybridized carbons (Fsp3) is 0.0909. The average Bonchev–Trinajstić information content (AvgIpc) is 2.28. The van der Waals surface area contributed by atoms with E-state index in [4.69, 9.17) is 34.8 Å². The number of aryl methyl sites for hydroxylation is 1. The molecule has 0 saturated heterocycles. The Morgan fingerprint density at radius 1 is 1.24 bits per heavy atom. The molecule has 0 unspecified atom stereocenters. The van der Waals surface area contributed by atoms with Crippen LogP contribution in [0.5, 0.6) is 0 Å². The average molecular weight is 290 g/mol.